The summed E-state index contributed by atoms with van der Waals surface area (Å²) in [6, 6.07) is 4.10. The lowest BCUT2D eigenvalue weighted by molar-refractivity contribution is 0.0905. The van der Waals surface area contributed by atoms with E-state index in [1.54, 1.807) is 19.1 Å². The highest BCUT2D eigenvalue weighted by molar-refractivity contribution is 7.89. The first-order valence-electron chi connectivity index (χ1n) is 10.3. The van der Waals surface area contributed by atoms with Gasteiger partial charge in [0.2, 0.25) is 20.0 Å². The smallest absolute Gasteiger partial charge is 0.247 e. The minimum absolute atomic E-state index is 0.0105. The van der Waals surface area contributed by atoms with E-state index in [4.69, 9.17) is 4.74 Å². The molecule has 172 valence electrons. The average molecular weight is 471 g/mol. The van der Waals surface area contributed by atoms with Gasteiger partial charge in [0, 0.05) is 37.0 Å². The highest BCUT2D eigenvalue weighted by atomic mass is 32.2. The molecule has 0 saturated heterocycles. The molecule has 0 unspecified atom stereocenters. The fourth-order valence-electron chi connectivity index (χ4n) is 3.32. The maximum Gasteiger partial charge on any atom is 0.247 e. The molecule has 0 amide bonds. The summed E-state index contributed by atoms with van der Waals surface area (Å²) in [7, 11) is -5.91. The van der Waals surface area contributed by atoms with Crippen molar-refractivity contribution < 1.29 is 26.7 Å². The molecule has 1 aromatic carbocycles. The molecular formula is C21H30N2O6S2. The van der Waals surface area contributed by atoms with E-state index in [2.05, 4.69) is 11.8 Å². The first-order chi connectivity index (χ1) is 14.4. The standard InChI is InChI=1S/C21H30N2O6S2/c1-15-12-23(16(2)14-24)31(27,28)21-10-9-18(8-7-17-5-6-17)11-19(21)29-20(15)13-22(3)30(4,25)26/h9-11,15-17,20,24H,5-6,12-14H2,1-4H3/t15-,16-,20-/m1/s1. The Morgan fingerprint density at radius 1 is 1.35 bits per heavy atom. The molecule has 1 aromatic rings. The number of aliphatic hydroxyl groups excluding tert-OH is 1. The minimum Gasteiger partial charge on any atom is -0.487 e. The third-order valence-electron chi connectivity index (χ3n) is 5.67. The highest BCUT2D eigenvalue weighted by Crippen LogP contribution is 2.34. The first kappa shape index (κ1) is 24.0. The highest BCUT2D eigenvalue weighted by Gasteiger charge is 2.38. The van der Waals surface area contributed by atoms with E-state index in [1.807, 2.05) is 6.92 Å². The van der Waals surface area contributed by atoms with Crippen LogP contribution in [-0.4, -0.2) is 75.7 Å². The second kappa shape index (κ2) is 9.08. The Morgan fingerprint density at radius 3 is 2.61 bits per heavy atom. The van der Waals surface area contributed by atoms with Gasteiger partial charge in [-0.1, -0.05) is 18.8 Å². The van der Waals surface area contributed by atoms with Crippen LogP contribution in [-0.2, 0) is 20.0 Å². The Bertz CT molecular complexity index is 1090. The molecule has 1 saturated carbocycles. The lowest BCUT2D eigenvalue weighted by atomic mass is 10.0. The van der Waals surface area contributed by atoms with E-state index in [0.717, 1.165) is 19.1 Å². The summed E-state index contributed by atoms with van der Waals surface area (Å²) < 4.78 is 59.3. The van der Waals surface area contributed by atoms with Gasteiger partial charge in [0.05, 0.1) is 19.4 Å². The second-order valence-electron chi connectivity index (χ2n) is 8.49. The van der Waals surface area contributed by atoms with Gasteiger partial charge >= 0.3 is 0 Å². The molecule has 0 bridgehead atoms. The maximum absolute atomic E-state index is 13.4. The van der Waals surface area contributed by atoms with Gasteiger partial charge in [-0.2, -0.15) is 4.31 Å². The van der Waals surface area contributed by atoms with Gasteiger partial charge in [0.1, 0.15) is 16.7 Å². The van der Waals surface area contributed by atoms with Gasteiger partial charge in [-0.05, 0) is 38.0 Å². The van der Waals surface area contributed by atoms with Crippen molar-refractivity contribution in [1.29, 1.82) is 0 Å². The molecule has 0 aromatic heterocycles. The number of fused-ring (bicyclic) bond motifs is 1. The van der Waals surface area contributed by atoms with Crippen LogP contribution in [0.25, 0.3) is 0 Å². The van der Waals surface area contributed by atoms with Gasteiger partial charge < -0.3 is 9.84 Å². The number of benzene rings is 1. The third kappa shape index (κ3) is 5.59. The zero-order valence-electron chi connectivity index (χ0n) is 18.3. The monoisotopic (exact) mass is 470 g/mol. The predicted octanol–water partition coefficient (Wildman–Crippen LogP) is 1.11. The van der Waals surface area contributed by atoms with Crippen LogP contribution in [0, 0.1) is 23.7 Å². The number of nitrogens with zero attached hydrogens (tertiary/aromatic N) is 2. The van der Waals surface area contributed by atoms with Crippen molar-refractivity contribution in [2.45, 2.75) is 43.7 Å². The van der Waals surface area contributed by atoms with Gasteiger partial charge in [0.15, 0.2) is 0 Å². The molecule has 1 aliphatic carbocycles. The summed E-state index contributed by atoms with van der Waals surface area (Å²) in [4.78, 5) is -0.0105. The Balaban J connectivity index is 2.07. The average Bonchev–Trinajstić information content (AvgIpc) is 3.52. The predicted molar refractivity (Wildman–Crippen MR) is 118 cm³/mol. The summed E-state index contributed by atoms with van der Waals surface area (Å²) in [5.74, 6) is 6.43. The molecule has 31 heavy (non-hydrogen) atoms. The Labute approximate surface area is 185 Å². The molecule has 1 N–H and O–H groups in total. The number of likely N-dealkylation sites (N-methyl/N-ethyl adjacent to an activating group) is 1. The lowest BCUT2D eigenvalue weighted by Gasteiger charge is -2.37. The largest absolute Gasteiger partial charge is 0.487 e. The van der Waals surface area contributed by atoms with Crippen LogP contribution < -0.4 is 4.74 Å². The van der Waals surface area contributed by atoms with Crippen molar-refractivity contribution in [3.8, 4) is 17.6 Å². The normalized spacial score (nSPS) is 24.8. The first-order valence-corrected chi connectivity index (χ1v) is 13.6. The number of sulfonamides is 2. The fourth-order valence-corrected chi connectivity index (χ4v) is 5.57. The summed E-state index contributed by atoms with van der Waals surface area (Å²) in [6.45, 7) is 3.28. The Kier molecular flexibility index (Phi) is 7.03. The van der Waals surface area contributed by atoms with Gasteiger partial charge in [-0.25, -0.2) is 21.1 Å². The fraction of sp³-hybridized carbons (Fsp3) is 0.619. The van der Waals surface area contributed by atoms with E-state index in [0.29, 0.717) is 11.5 Å². The van der Waals surface area contributed by atoms with Gasteiger partial charge in [0.25, 0.3) is 0 Å². The third-order valence-corrected chi connectivity index (χ3v) is 8.97. The molecule has 1 fully saturated rings. The van der Waals surface area contributed by atoms with Crippen molar-refractivity contribution in [2.24, 2.45) is 11.8 Å². The van der Waals surface area contributed by atoms with Gasteiger partial charge in [-0.3, -0.25) is 0 Å². The number of rotatable bonds is 5. The lowest BCUT2D eigenvalue weighted by Crippen LogP contribution is -2.50. The summed E-state index contributed by atoms with van der Waals surface area (Å²) >= 11 is 0. The number of ether oxygens (including phenoxy) is 1. The minimum atomic E-state index is -3.93. The zero-order chi connectivity index (χ0) is 23.0. The molecule has 10 heteroatoms. The molecule has 8 nitrogen and oxygen atoms in total. The Morgan fingerprint density at radius 2 is 2.03 bits per heavy atom. The van der Waals surface area contributed by atoms with E-state index in [-0.39, 0.29) is 36.3 Å². The molecule has 1 heterocycles. The molecule has 0 radical (unpaired) electrons. The van der Waals surface area contributed by atoms with Crippen molar-refractivity contribution in [2.75, 3.05) is 33.0 Å². The Hall–Kier alpha value is -1.64. The molecule has 3 atom stereocenters. The summed E-state index contributed by atoms with van der Waals surface area (Å²) in [5.41, 5.74) is 0.644. The number of hydrogen-bond acceptors (Lipinski definition) is 6. The zero-order valence-corrected chi connectivity index (χ0v) is 19.9. The van der Waals surface area contributed by atoms with E-state index < -0.39 is 32.2 Å². The van der Waals surface area contributed by atoms with Crippen LogP contribution in [0.5, 0.6) is 5.75 Å². The molecule has 2 aliphatic rings. The second-order valence-corrected chi connectivity index (χ2v) is 12.4. The van der Waals surface area contributed by atoms with Crippen LogP contribution in [0.2, 0.25) is 0 Å². The number of aliphatic hydroxyl groups is 1. The number of hydrogen-bond donors (Lipinski definition) is 1. The molecular weight excluding hydrogens is 440 g/mol. The van der Waals surface area contributed by atoms with E-state index in [1.165, 1.54) is 21.7 Å². The van der Waals surface area contributed by atoms with Crippen molar-refractivity contribution in [1.82, 2.24) is 8.61 Å². The summed E-state index contributed by atoms with van der Waals surface area (Å²) in [6.07, 6.45) is 2.68. The molecule has 0 spiro atoms. The van der Waals surface area contributed by atoms with E-state index in [9.17, 15) is 21.9 Å². The van der Waals surface area contributed by atoms with Crippen LogP contribution >= 0.6 is 0 Å². The van der Waals surface area contributed by atoms with Crippen LogP contribution in [0.15, 0.2) is 23.1 Å². The van der Waals surface area contributed by atoms with E-state index >= 15 is 0 Å². The SMILES string of the molecule is C[C@@H]1CN([C@H](C)CO)S(=O)(=O)c2ccc(C#CC3CC3)cc2O[C@@H]1CN(C)S(C)(=O)=O. The van der Waals surface area contributed by atoms with Crippen LogP contribution in [0.4, 0.5) is 0 Å². The van der Waals surface area contributed by atoms with Crippen molar-refractivity contribution in [3.05, 3.63) is 23.8 Å². The topological polar surface area (TPSA) is 104 Å². The maximum atomic E-state index is 13.4. The van der Waals surface area contributed by atoms with Crippen LogP contribution in [0.3, 0.4) is 0 Å². The summed E-state index contributed by atoms with van der Waals surface area (Å²) in [5, 5.41) is 9.66. The molecule has 1 aliphatic heterocycles. The van der Waals surface area contributed by atoms with Crippen LogP contribution in [0.1, 0.15) is 32.3 Å². The van der Waals surface area contributed by atoms with Crippen molar-refractivity contribution >= 4 is 20.0 Å². The molecule has 3 rings (SSSR count). The quantitative estimate of drug-likeness (QED) is 0.647. The van der Waals surface area contributed by atoms with Crippen molar-refractivity contribution in [3.63, 3.8) is 0 Å². The van der Waals surface area contributed by atoms with Gasteiger partial charge in [-0.15, -0.1) is 0 Å².